The molecule has 2 nitrogen and oxygen atoms in total. The van der Waals surface area contributed by atoms with E-state index in [9.17, 15) is 0 Å². The Balaban J connectivity index is 0.000000461. The first kappa shape index (κ1) is 10.6. The van der Waals surface area contributed by atoms with Crippen LogP contribution in [0.1, 0.15) is 31.4 Å². The lowest BCUT2D eigenvalue weighted by atomic mass is 9.94. The van der Waals surface area contributed by atoms with Crippen LogP contribution in [0, 0.1) is 0 Å². The number of anilines is 2. The predicted octanol–water partition coefficient (Wildman–Crippen LogP) is 2.84. The number of fused-ring (bicyclic) bond motifs is 1. The van der Waals surface area contributed by atoms with E-state index < -0.39 is 0 Å². The standard InChI is InChI=1S/C10H12N2.C2H6/c11-9-5-6-10(12)8-4-2-1-3-7(8)9;1-2/h1,3,5-6H,2,4,11-12H2;1-2H3. The summed E-state index contributed by atoms with van der Waals surface area (Å²) in [5.74, 6) is 0. The molecule has 0 saturated heterocycles. The van der Waals surface area contributed by atoms with Crippen molar-refractivity contribution in [2.75, 3.05) is 11.5 Å². The normalized spacial score (nSPS) is 12.7. The Morgan fingerprint density at radius 3 is 2.36 bits per heavy atom. The molecular weight excluding hydrogens is 172 g/mol. The molecule has 0 bridgehead atoms. The zero-order chi connectivity index (χ0) is 10.6. The van der Waals surface area contributed by atoms with Gasteiger partial charge in [0.2, 0.25) is 0 Å². The Kier molecular flexibility index (Phi) is 3.57. The lowest BCUT2D eigenvalue weighted by Crippen LogP contribution is -2.03. The molecule has 2 heteroatoms. The highest BCUT2D eigenvalue weighted by molar-refractivity contribution is 5.74. The van der Waals surface area contributed by atoms with E-state index in [1.54, 1.807) is 0 Å². The van der Waals surface area contributed by atoms with Crippen LogP contribution >= 0.6 is 0 Å². The van der Waals surface area contributed by atoms with E-state index in [-0.39, 0.29) is 0 Å². The molecule has 0 spiro atoms. The minimum Gasteiger partial charge on any atom is -0.398 e. The smallest absolute Gasteiger partial charge is 0.0391 e. The third-order valence-corrected chi connectivity index (χ3v) is 2.27. The van der Waals surface area contributed by atoms with Crippen LogP contribution < -0.4 is 11.5 Å². The monoisotopic (exact) mass is 190 g/mol. The molecule has 4 N–H and O–H groups in total. The van der Waals surface area contributed by atoms with E-state index in [1.807, 2.05) is 26.0 Å². The van der Waals surface area contributed by atoms with Gasteiger partial charge in [-0.2, -0.15) is 0 Å². The second kappa shape index (κ2) is 4.70. The fraction of sp³-hybridized carbons (Fsp3) is 0.333. The van der Waals surface area contributed by atoms with Gasteiger partial charge >= 0.3 is 0 Å². The van der Waals surface area contributed by atoms with Gasteiger partial charge in [-0.1, -0.05) is 26.0 Å². The average molecular weight is 190 g/mol. The van der Waals surface area contributed by atoms with Crippen molar-refractivity contribution in [3.8, 4) is 0 Å². The Morgan fingerprint density at radius 1 is 1.07 bits per heavy atom. The SMILES string of the molecule is CC.Nc1ccc(N)c2c1C=CCC2. The average Bonchev–Trinajstić information content (AvgIpc) is 2.27. The summed E-state index contributed by atoms with van der Waals surface area (Å²) >= 11 is 0. The van der Waals surface area contributed by atoms with Gasteiger partial charge < -0.3 is 11.5 Å². The Bertz CT molecular complexity index is 340. The molecule has 14 heavy (non-hydrogen) atoms. The number of nitrogen functional groups attached to an aromatic ring is 2. The van der Waals surface area contributed by atoms with Gasteiger partial charge in [0, 0.05) is 16.9 Å². The molecule has 0 amide bonds. The van der Waals surface area contributed by atoms with E-state index >= 15 is 0 Å². The van der Waals surface area contributed by atoms with Gasteiger partial charge in [-0.25, -0.2) is 0 Å². The van der Waals surface area contributed by atoms with Gasteiger partial charge in [-0.15, -0.1) is 0 Å². The highest BCUT2D eigenvalue weighted by atomic mass is 14.6. The topological polar surface area (TPSA) is 52.0 Å². The first-order valence-corrected chi connectivity index (χ1v) is 5.12. The molecule has 1 aliphatic carbocycles. The Labute approximate surface area is 85.6 Å². The number of hydrogen-bond acceptors (Lipinski definition) is 2. The zero-order valence-electron chi connectivity index (χ0n) is 8.88. The van der Waals surface area contributed by atoms with Gasteiger partial charge in [-0.3, -0.25) is 0 Å². The summed E-state index contributed by atoms with van der Waals surface area (Å²) in [5.41, 5.74) is 15.6. The maximum Gasteiger partial charge on any atom is 0.0391 e. The number of rotatable bonds is 0. The molecule has 1 aromatic rings. The van der Waals surface area contributed by atoms with Crippen molar-refractivity contribution in [2.24, 2.45) is 0 Å². The minimum atomic E-state index is 0.829. The van der Waals surface area contributed by atoms with Crippen molar-refractivity contribution < 1.29 is 0 Å². The van der Waals surface area contributed by atoms with Crippen LogP contribution in [0.5, 0.6) is 0 Å². The van der Waals surface area contributed by atoms with Crippen LogP contribution in [0.2, 0.25) is 0 Å². The Morgan fingerprint density at radius 2 is 1.71 bits per heavy atom. The van der Waals surface area contributed by atoms with Gasteiger partial charge in [0.1, 0.15) is 0 Å². The molecule has 2 rings (SSSR count). The number of nitrogens with two attached hydrogens (primary N) is 2. The maximum absolute atomic E-state index is 5.82. The first-order valence-electron chi connectivity index (χ1n) is 5.12. The molecule has 0 saturated carbocycles. The Hall–Kier alpha value is -1.44. The third kappa shape index (κ3) is 1.90. The molecule has 0 aliphatic heterocycles. The molecule has 0 radical (unpaired) electrons. The fourth-order valence-electron chi connectivity index (χ4n) is 1.60. The summed E-state index contributed by atoms with van der Waals surface area (Å²) in [6.07, 6.45) is 6.28. The highest BCUT2D eigenvalue weighted by Crippen LogP contribution is 2.28. The lowest BCUT2D eigenvalue weighted by molar-refractivity contribution is 0.990. The van der Waals surface area contributed by atoms with Crippen LogP contribution in [-0.4, -0.2) is 0 Å². The van der Waals surface area contributed by atoms with Crippen LogP contribution in [-0.2, 0) is 6.42 Å². The quantitative estimate of drug-likeness (QED) is 0.618. The van der Waals surface area contributed by atoms with Crippen molar-refractivity contribution in [1.82, 2.24) is 0 Å². The van der Waals surface area contributed by atoms with E-state index in [2.05, 4.69) is 12.2 Å². The van der Waals surface area contributed by atoms with E-state index in [4.69, 9.17) is 11.5 Å². The number of hydrogen-bond donors (Lipinski definition) is 2. The number of benzene rings is 1. The molecule has 0 heterocycles. The largest absolute Gasteiger partial charge is 0.398 e. The van der Waals surface area contributed by atoms with Crippen molar-refractivity contribution in [3.63, 3.8) is 0 Å². The van der Waals surface area contributed by atoms with Crippen molar-refractivity contribution in [3.05, 3.63) is 29.3 Å². The molecule has 0 fully saturated rings. The van der Waals surface area contributed by atoms with Crippen molar-refractivity contribution in [1.29, 1.82) is 0 Å². The highest BCUT2D eigenvalue weighted by Gasteiger charge is 2.09. The van der Waals surface area contributed by atoms with Crippen molar-refractivity contribution >= 4 is 17.5 Å². The molecule has 0 atom stereocenters. The van der Waals surface area contributed by atoms with Gasteiger partial charge in [-0.05, 0) is 30.5 Å². The second-order valence-corrected chi connectivity index (χ2v) is 3.08. The minimum absolute atomic E-state index is 0.829. The summed E-state index contributed by atoms with van der Waals surface area (Å²) in [6, 6.07) is 3.75. The van der Waals surface area contributed by atoms with Gasteiger partial charge in [0.25, 0.3) is 0 Å². The van der Waals surface area contributed by atoms with Crippen LogP contribution in [0.15, 0.2) is 18.2 Å². The summed E-state index contributed by atoms with van der Waals surface area (Å²) in [4.78, 5) is 0. The van der Waals surface area contributed by atoms with Gasteiger partial charge in [0.05, 0.1) is 0 Å². The molecule has 76 valence electrons. The molecular formula is C12H18N2. The lowest BCUT2D eigenvalue weighted by Gasteiger charge is -2.14. The molecule has 0 unspecified atom stereocenters. The summed E-state index contributed by atoms with van der Waals surface area (Å²) in [5, 5.41) is 0. The maximum atomic E-state index is 5.82. The molecule has 0 aromatic heterocycles. The number of allylic oxidation sites excluding steroid dienone is 1. The molecule has 1 aromatic carbocycles. The van der Waals surface area contributed by atoms with Crippen molar-refractivity contribution in [2.45, 2.75) is 26.7 Å². The van der Waals surface area contributed by atoms with Crippen LogP contribution in [0.25, 0.3) is 6.08 Å². The zero-order valence-corrected chi connectivity index (χ0v) is 8.88. The fourth-order valence-corrected chi connectivity index (χ4v) is 1.60. The van der Waals surface area contributed by atoms with E-state index in [0.29, 0.717) is 0 Å². The first-order chi connectivity index (χ1) is 6.79. The summed E-state index contributed by atoms with van der Waals surface area (Å²) < 4.78 is 0. The second-order valence-electron chi connectivity index (χ2n) is 3.08. The summed E-state index contributed by atoms with van der Waals surface area (Å²) in [6.45, 7) is 4.00. The third-order valence-electron chi connectivity index (χ3n) is 2.27. The molecule has 1 aliphatic rings. The van der Waals surface area contributed by atoms with Crippen LogP contribution in [0.4, 0.5) is 11.4 Å². The summed E-state index contributed by atoms with van der Waals surface area (Å²) in [7, 11) is 0. The van der Waals surface area contributed by atoms with Crippen LogP contribution in [0.3, 0.4) is 0 Å². The van der Waals surface area contributed by atoms with Gasteiger partial charge in [0.15, 0.2) is 0 Å². The van der Waals surface area contributed by atoms with E-state index in [0.717, 1.165) is 29.8 Å². The predicted molar refractivity (Wildman–Crippen MR) is 64.0 cm³/mol. The van der Waals surface area contributed by atoms with E-state index in [1.165, 1.54) is 5.56 Å².